The quantitative estimate of drug-likeness (QED) is 0.730. The number of aromatic nitrogens is 2. The van der Waals surface area contributed by atoms with E-state index < -0.39 is 0 Å². The number of nitrogens with one attached hydrogen (secondary N) is 1. The van der Waals surface area contributed by atoms with Gasteiger partial charge in [0.05, 0.1) is 5.69 Å². The molecule has 0 aliphatic carbocycles. The SMILES string of the molecule is CCCNC(CCC)CCCc1cc(C)nn1C. The third kappa shape index (κ3) is 5.21. The van der Waals surface area contributed by atoms with Crippen LogP contribution >= 0.6 is 0 Å². The normalized spacial score (nSPS) is 12.9. The highest BCUT2D eigenvalue weighted by Crippen LogP contribution is 2.10. The number of nitrogens with zero attached hydrogens (tertiary/aromatic N) is 2. The number of aryl methyl sites for hydroxylation is 3. The summed E-state index contributed by atoms with van der Waals surface area (Å²) in [5.41, 5.74) is 2.49. The lowest BCUT2D eigenvalue weighted by molar-refractivity contribution is 0.435. The zero-order chi connectivity index (χ0) is 13.4. The Balaban J connectivity index is 2.31. The van der Waals surface area contributed by atoms with Crippen LogP contribution in [0.4, 0.5) is 0 Å². The molecule has 0 bridgehead atoms. The highest BCUT2D eigenvalue weighted by Gasteiger charge is 2.07. The molecule has 104 valence electrons. The van der Waals surface area contributed by atoms with Crippen LogP contribution in [0.15, 0.2) is 6.07 Å². The van der Waals surface area contributed by atoms with Crippen LogP contribution in [0.25, 0.3) is 0 Å². The summed E-state index contributed by atoms with van der Waals surface area (Å²) < 4.78 is 2.02. The number of hydrogen-bond donors (Lipinski definition) is 1. The Hall–Kier alpha value is -0.830. The highest BCUT2D eigenvalue weighted by atomic mass is 15.3. The smallest absolute Gasteiger partial charge is 0.0596 e. The second kappa shape index (κ2) is 8.30. The van der Waals surface area contributed by atoms with E-state index in [-0.39, 0.29) is 0 Å². The Morgan fingerprint density at radius 1 is 1.28 bits per heavy atom. The van der Waals surface area contributed by atoms with Crippen molar-refractivity contribution in [3.8, 4) is 0 Å². The molecule has 0 aliphatic rings. The molecule has 1 aromatic rings. The van der Waals surface area contributed by atoms with Gasteiger partial charge in [-0.15, -0.1) is 0 Å². The van der Waals surface area contributed by atoms with Crippen LogP contribution in [0.2, 0.25) is 0 Å². The molecule has 0 amide bonds. The lowest BCUT2D eigenvalue weighted by atomic mass is 10.0. The first-order valence-corrected chi connectivity index (χ1v) is 7.40. The summed E-state index contributed by atoms with van der Waals surface area (Å²) in [5.74, 6) is 0. The topological polar surface area (TPSA) is 29.9 Å². The molecule has 3 heteroatoms. The van der Waals surface area contributed by atoms with E-state index >= 15 is 0 Å². The molecule has 0 saturated heterocycles. The van der Waals surface area contributed by atoms with E-state index in [4.69, 9.17) is 0 Å². The van der Waals surface area contributed by atoms with Crippen molar-refractivity contribution in [1.82, 2.24) is 15.1 Å². The summed E-state index contributed by atoms with van der Waals surface area (Å²) in [6, 6.07) is 2.90. The van der Waals surface area contributed by atoms with Gasteiger partial charge in [0.1, 0.15) is 0 Å². The first-order chi connectivity index (χ1) is 8.67. The van der Waals surface area contributed by atoms with E-state index in [1.807, 2.05) is 11.7 Å². The molecule has 0 spiro atoms. The zero-order valence-electron chi connectivity index (χ0n) is 12.5. The van der Waals surface area contributed by atoms with Gasteiger partial charge in [0.2, 0.25) is 0 Å². The van der Waals surface area contributed by atoms with Gasteiger partial charge in [-0.3, -0.25) is 4.68 Å². The lowest BCUT2D eigenvalue weighted by Crippen LogP contribution is -2.29. The molecule has 1 unspecified atom stereocenters. The summed E-state index contributed by atoms with van der Waals surface area (Å²) in [5, 5.41) is 8.05. The average Bonchev–Trinajstić information content (AvgIpc) is 2.65. The maximum absolute atomic E-state index is 4.40. The maximum atomic E-state index is 4.40. The zero-order valence-corrected chi connectivity index (χ0v) is 12.5. The molecular formula is C15H29N3. The van der Waals surface area contributed by atoms with Crippen molar-refractivity contribution in [1.29, 1.82) is 0 Å². The molecule has 0 radical (unpaired) electrons. The monoisotopic (exact) mass is 251 g/mol. The first kappa shape index (κ1) is 15.2. The Morgan fingerprint density at radius 2 is 2.06 bits per heavy atom. The van der Waals surface area contributed by atoms with E-state index in [9.17, 15) is 0 Å². The largest absolute Gasteiger partial charge is 0.314 e. The van der Waals surface area contributed by atoms with Crippen LogP contribution in [0.1, 0.15) is 57.3 Å². The third-order valence-corrected chi connectivity index (χ3v) is 3.40. The molecule has 1 heterocycles. The van der Waals surface area contributed by atoms with Gasteiger partial charge in [-0.05, 0) is 51.6 Å². The van der Waals surface area contributed by atoms with Gasteiger partial charge >= 0.3 is 0 Å². The Bertz CT molecular complexity index is 330. The van der Waals surface area contributed by atoms with Crippen LogP contribution in [0.3, 0.4) is 0 Å². The Kier molecular flexibility index (Phi) is 7.02. The summed E-state index contributed by atoms with van der Waals surface area (Å²) in [6.07, 6.45) is 7.46. The predicted molar refractivity (Wildman–Crippen MR) is 77.9 cm³/mol. The van der Waals surface area contributed by atoms with Crippen molar-refractivity contribution in [2.75, 3.05) is 6.54 Å². The van der Waals surface area contributed by atoms with Crippen LogP contribution < -0.4 is 5.32 Å². The van der Waals surface area contributed by atoms with Gasteiger partial charge in [0, 0.05) is 18.8 Å². The Morgan fingerprint density at radius 3 is 2.61 bits per heavy atom. The molecule has 0 fully saturated rings. The fraction of sp³-hybridized carbons (Fsp3) is 0.800. The summed E-state index contributed by atoms with van der Waals surface area (Å²) >= 11 is 0. The van der Waals surface area contributed by atoms with Gasteiger partial charge < -0.3 is 5.32 Å². The van der Waals surface area contributed by atoms with Crippen molar-refractivity contribution in [3.63, 3.8) is 0 Å². The fourth-order valence-electron chi connectivity index (χ4n) is 2.47. The van der Waals surface area contributed by atoms with Crippen LogP contribution in [0, 0.1) is 6.92 Å². The highest BCUT2D eigenvalue weighted by molar-refractivity contribution is 5.08. The van der Waals surface area contributed by atoms with Gasteiger partial charge in [0.15, 0.2) is 0 Å². The molecule has 1 aromatic heterocycles. The summed E-state index contributed by atoms with van der Waals surface area (Å²) in [6.45, 7) is 7.71. The number of hydrogen-bond acceptors (Lipinski definition) is 2. The lowest BCUT2D eigenvalue weighted by Gasteiger charge is -2.17. The van der Waals surface area contributed by atoms with Crippen LogP contribution in [-0.2, 0) is 13.5 Å². The van der Waals surface area contributed by atoms with Gasteiger partial charge in [-0.1, -0.05) is 20.3 Å². The molecule has 1 rings (SSSR count). The average molecular weight is 251 g/mol. The maximum Gasteiger partial charge on any atom is 0.0596 e. The second-order valence-corrected chi connectivity index (χ2v) is 5.23. The van der Waals surface area contributed by atoms with Crippen molar-refractivity contribution >= 4 is 0 Å². The second-order valence-electron chi connectivity index (χ2n) is 5.23. The van der Waals surface area contributed by atoms with Gasteiger partial charge in [0.25, 0.3) is 0 Å². The van der Waals surface area contributed by atoms with E-state index in [1.165, 1.54) is 37.8 Å². The Labute approximate surface area is 112 Å². The standard InChI is InChI=1S/C15H29N3/c1-5-8-14(16-11-6-2)9-7-10-15-12-13(3)17-18(15)4/h12,14,16H,5-11H2,1-4H3. The molecule has 0 saturated carbocycles. The van der Waals surface area contributed by atoms with Crippen LogP contribution in [-0.4, -0.2) is 22.4 Å². The fourth-order valence-corrected chi connectivity index (χ4v) is 2.47. The summed E-state index contributed by atoms with van der Waals surface area (Å²) in [4.78, 5) is 0. The van der Waals surface area contributed by atoms with Gasteiger partial charge in [-0.25, -0.2) is 0 Å². The van der Waals surface area contributed by atoms with Gasteiger partial charge in [-0.2, -0.15) is 5.10 Å². The minimum atomic E-state index is 0.698. The third-order valence-electron chi connectivity index (χ3n) is 3.40. The van der Waals surface area contributed by atoms with Crippen molar-refractivity contribution in [2.45, 2.75) is 65.3 Å². The minimum Gasteiger partial charge on any atom is -0.314 e. The van der Waals surface area contributed by atoms with Crippen molar-refractivity contribution < 1.29 is 0 Å². The molecule has 1 N–H and O–H groups in total. The molecule has 1 atom stereocenters. The summed E-state index contributed by atoms with van der Waals surface area (Å²) in [7, 11) is 2.04. The van der Waals surface area contributed by atoms with Crippen LogP contribution in [0.5, 0.6) is 0 Å². The number of rotatable bonds is 9. The van der Waals surface area contributed by atoms with Crippen molar-refractivity contribution in [3.05, 3.63) is 17.5 Å². The molecule has 18 heavy (non-hydrogen) atoms. The van der Waals surface area contributed by atoms with E-state index in [2.05, 4.69) is 37.3 Å². The van der Waals surface area contributed by atoms with Crippen molar-refractivity contribution in [2.24, 2.45) is 7.05 Å². The minimum absolute atomic E-state index is 0.698. The molecular weight excluding hydrogens is 222 g/mol. The first-order valence-electron chi connectivity index (χ1n) is 7.40. The predicted octanol–water partition coefficient (Wildman–Crippen LogP) is 3.22. The van der Waals surface area contributed by atoms with E-state index in [0.29, 0.717) is 6.04 Å². The van der Waals surface area contributed by atoms with E-state index in [0.717, 1.165) is 18.7 Å². The molecule has 0 aliphatic heterocycles. The van der Waals surface area contributed by atoms with E-state index in [1.54, 1.807) is 0 Å². The molecule has 0 aromatic carbocycles. The molecule has 3 nitrogen and oxygen atoms in total.